The molecule has 2 unspecified atom stereocenters. The van der Waals surface area contributed by atoms with Crippen LogP contribution < -0.4 is 40.6 Å². The van der Waals surface area contributed by atoms with E-state index in [1.165, 1.54) is 41.5 Å². The lowest BCUT2D eigenvalue weighted by Crippen LogP contribution is -2.70. The molecule has 4 aliphatic rings. The molecule has 2 atom stereocenters. The molecule has 0 fully saturated rings. The van der Waals surface area contributed by atoms with Crippen molar-refractivity contribution in [3.8, 4) is 56.9 Å². The molecule has 3 heterocycles. The lowest BCUT2D eigenvalue weighted by molar-refractivity contribution is 0.488. The van der Waals surface area contributed by atoms with Crippen LogP contribution in [0.5, 0.6) is 23.0 Å². The molecule has 1 aromatic heterocycles. The Labute approximate surface area is 389 Å². The Morgan fingerprint density at radius 2 is 0.864 bits per heavy atom. The average molecular weight is 885 g/mol. The molecule has 0 bridgehead atoms. The first-order chi connectivity index (χ1) is 32.6. The highest BCUT2D eigenvalue weighted by atomic mass is 28.3. The maximum atomic E-state index is 7.24. The summed E-state index contributed by atoms with van der Waals surface area (Å²) >= 11 is 0. The molecule has 0 saturated carbocycles. The summed E-state index contributed by atoms with van der Waals surface area (Å²) in [5.74, 6) is 4.23. The van der Waals surface area contributed by atoms with Crippen molar-refractivity contribution in [1.29, 1.82) is 0 Å². The number of rotatable bonds is 7. The van der Waals surface area contributed by atoms with Crippen LogP contribution in [-0.4, -0.2) is 26.1 Å². The number of ether oxygens (including phenoxy) is 2. The molecular formula is C60H48N2O2Si2. The molecule has 12 rings (SSSR count). The van der Waals surface area contributed by atoms with Crippen molar-refractivity contribution < 1.29 is 9.47 Å². The van der Waals surface area contributed by atoms with Gasteiger partial charge in [-0.25, -0.2) is 9.97 Å². The number of hydrogen-bond acceptors (Lipinski definition) is 4. The molecule has 0 amide bonds. The molecular weight excluding hydrogens is 837 g/mol. The largest absolute Gasteiger partial charge is 0.457 e. The SMILES string of the molecule is Cc1cccc(C)c1-c1nc(-c2cccc3c2Oc2ccccc2[Si]3(C2=CC=CCC2)c2ccccc2)cc(-c2cccc3c2Oc2ccccc2[Si]3(C2=CC=CCC2)c2ccccc2)n1. The third-order valence-corrected chi connectivity index (χ3v) is 24.2. The van der Waals surface area contributed by atoms with Crippen molar-refractivity contribution in [2.45, 2.75) is 39.5 Å². The summed E-state index contributed by atoms with van der Waals surface area (Å²) in [5, 5.41) is 10.7. The van der Waals surface area contributed by atoms with Crippen LogP contribution in [0, 0.1) is 13.8 Å². The number of benzene rings is 7. The van der Waals surface area contributed by atoms with Gasteiger partial charge in [0.25, 0.3) is 0 Å². The van der Waals surface area contributed by atoms with Gasteiger partial charge in [-0.3, -0.25) is 0 Å². The second kappa shape index (κ2) is 16.2. The first kappa shape index (κ1) is 40.1. The van der Waals surface area contributed by atoms with Gasteiger partial charge in [-0.1, -0.05) is 186 Å². The van der Waals surface area contributed by atoms with E-state index in [1.807, 2.05) is 0 Å². The molecule has 0 spiro atoms. The Bertz CT molecular complexity index is 3140. The van der Waals surface area contributed by atoms with E-state index in [9.17, 15) is 0 Å². The predicted molar refractivity (Wildman–Crippen MR) is 276 cm³/mol. The van der Waals surface area contributed by atoms with Crippen LogP contribution in [0.4, 0.5) is 0 Å². The van der Waals surface area contributed by atoms with Crippen molar-refractivity contribution in [3.63, 3.8) is 0 Å². The van der Waals surface area contributed by atoms with E-state index in [2.05, 4.69) is 220 Å². The Kier molecular flexibility index (Phi) is 9.88. The highest BCUT2D eigenvalue weighted by Crippen LogP contribution is 2.44. The highest BCUT2D eigenvalue weighted by molar-refractivity contribution is 7.18. The fraction of sp³-hybridized carbons (Fsp3) is 0.100. The van der Waals surface area contributed by atoms with Gasteiger partial charge < -0.3 is 9.47 Å². The van der Waals surface area contributed by atoms with Crippen LogP contribution in [0.1, 0.15) is 36.8 Å². The number of aryl methyl sites for hydroxylation is 2. The molecule has 0 saturated heterocycles. The van der Waals surface area contributed by atoms with Gasteiger partial charge in [0.05, 0.1) is 11.4 Å². The maximum absolute atomic E-state index is 7.24. The molecule has 7 aromatic carbocycles. The van der Waals surface area contributed by atoms with Crippen molar-refractivity contribution >= 4 is 47.3 Å². The summed E-state index contributed by atoms with van der Waals surface area (Å²) in [6.07, 6.45) is 17.9. The normalized spacial score (nSPS) is 18.9. The van der Waals surface area contributed by atoms with Crippen LogP contribution in [0.15, 0.2) is 217 Å². The average Bonchev–Trinajstić information content (AvgIpc) is 3.38. The minimum atomic E-state index is -2.84. The van der Waals surface area contributed by atoms with E-state index >= 15 is 0 Å². The third-order valence-electron chi connectivity index (χ3n) is 14.2. The van der Waals surface area contributed by atoms with Crippen molar-refractivity contribution in [2.24, 2.45) is 0 Å². The summed E-state index contributed by atoms with van der Waals surface area (Å²) in [6, 6.07) is 61.9. The van der Waals surface area contributed by atoms with E-state index in [1.54, 1.807) is 0 Å². The summed E-state index contributed by atoms with van der Waals surface area (Å²) in [6.45, 7) is 4.32. The zero-order chi connectivity index (χ0) is 44.2. The maximum Gasteiger partial charge on any atom is 0.184 e. The third kappa shape index (κ3) is 6.16. The summed E-state index contributed by atoms with van der Waals surface area (Å²) < 4.78 is 14.5. The number of fused-ring (bicyclic) bond motifs is 4. The van der Waals surface area contributed by atoms with Crippen LogP contribution in [0.25, 0.3) is 33.9 Å². The number of aromatic nitrogens is 2. The van der Waals surface area contributed by atoms with Crippen molar-refractivity contribution in [1.82, 2.24) is 9.97 Å². The Hall–Kier alpha value is -7.39. The van der Waals surface area contributed by atoms with Gasteiger partial charge in [0.15, 0.2) is 22.0 Å². The fourth-order valence-corrected chi connectivity index (χ4v) is 21.9. The molecule has 0 radical (unpaired) electrons. The molecule has 66 heavy (non-hydrogen) atoms. The zero-order valence-corrected chi connectivity index (χ0v) is 39.2. The fourth-order valence-electron chi connectivity index (χ4n) is 11.4. The van der Waals surface area contributed by atoms with E-state index in [-0.39, 0.29) is 0 Å². The first-order valence-corrected chi connectivity index (χ1v) is 27.2. The van der Waals surface area contributed by atoms with Crippen molar-refractivity contribution in [2.75, 3.05) is 0 Å². The van der Waals surface area contributed by atoms with Gasteiger partial charge in [0.2, 0.25) is 0 Å². The van der Waals surface area contributed by atoms with Crippen LogP contribution in [0.3, 0.4) is 0 Å². The monoisotopic (exact) mass is 884 g/mol. The van der Waals surface area contributed by atoms with Gasteiger partial charge in [0.1, 0.15) is 23.0 Å². The number of hydrogen-bond donors (Lipinski definition) is 0. The Morgan fingerprint density at radius 1 is 0.439 bits per heavy atom. The van der Waals surface area contributed by atoms with E-state index in [4.69, 9.17) is 19.4 Å². The molecule has 2 aliphatic heterocycles. The number of nitrogens with zero attached hydrogens (tertiary/aromatic N) is 2. The van der Waals surface area contributed by atoms with Gasteiger partial charge in [0, 0.05) is 16.7 Å². The van der Waals surface area contributed by atoms with Crippen LogP contribution >= 0.6 is 0 Å². The number of allylic oxidation sites excluding steroid dienone is 8. The van der Waals surface area contributed by atoms with Crippen molar-refractivity contribution in [3.05, 3.63) is 228 Å². The molecule has 0 N–H and O–H groups in total. The topological polar surface area (TPSA) is 44.2 Å². The van der Waals surface area contributed by atoms with Crippen LogP contribution in [0.2, 0.25) is 0 Å². The second-order valence-corrected chi connectivity index (χ2v) is 25.4. The smallest absolute Gasteiger partial charge is 0.184 e. The Balaban J connectivity index is 1.14. The van der Waals surface area contributed by atoms with E-state index in [0.717, 1.165) is 87.9 Å². The molecule has 318 valence electrons. The standard InChI is InChI=1S/C60H48N2O2Si2/c1-41-22-19-23-42(2)57(41)60-61-49(47-32-20-38-55-58(47)63-51-34-15-17-36-53(51)65(55,43-24-7-3-8-25-43)44-26-9-4-10-27-44)40-50(62-60)48-33-21-39-56-59(48)64-52-35-16-18-37-54(52)66(56,45-28-11-5-12-29-45)46-30-13-6-14-31-46/h3-9,11-13,15-26,28-30,32-40H,10,14,27,31H2,1-2H3. The van der Waals surface area contributed by atoms with E-state index < -0.39 is 16.1 Å². The van der Waals surface area contributed by atoms with E-state index in [0.29, 0.717) is 5.82 Å². The van der Waals surface area contributed by atoms with Gasteiger partial charge in [-0.05, 0) is 112 Å². The summed E-state index contributed by atoms with van der Waals surface area (Å²) in [4.78, 5) is 11.1. The number of para-hydroxylation sites is 4. The second-order valence-electron chi connectivity index (χ2n) is 17.8. The lowest BCUT2D eigenvalue weighted by Gasteiger charge is -2.42. The molecule has 4 nitrogen and oxygen atoms in total. The minimum Gasteiger partial charge on any atom is -0.457 e. The quantitative estimate of drug-likeness (QED) is 0.150. The molecule has 6 heteroatoms. The Morgan fingerprint density at radius 3 is 1.32 bits per heavy atom. The van der Waals surface area contributed by atoms with Gasteiger partial charge >= 0.3 is 0 Å². The minimum absolute atomic E-state index is 0.680. The highest BCUT2D eigenvalue weighted by Gasteiger charge is 2.51. The molecule has 8 aromatic rings. The lowest BCUT2D eigenvalue weighted by atomic mass is 10.0. The summed E-state index contributed by atoms with van der Waals surface area (Å²) in [5.41, 5.74) is 6.79. The van der Waals surface area contributed by atoms with Crippen LogP contribution in [-0.2, 0) is 0 Å². The predicted octanol–water partition coefficient (Wildman–Crippen LogP) is 10.9. The van der Waals surface area contributed by atoms with Gasteiger partial charge in [-0.15, -0.1) is 0 Å². The van der Waals surface area contributed by atoms with Gasteiger partial charge in [-0.2, -0.15) is 0 Å². The molecule has 2 aliphatic carbocycles. The summed E-state index contributed by atoms with van der Waals surface area (Å²) in [7, 11) is -5.68. The zero-order valence-electron chi connectivity index (χ0n) is 37.2. The first-order valence-electron chi connectivity index (χ1n) is 23.2.